The quantitative estimate of drug-likeness (QED) is 0.337. The molecule has 0 aliphatic heterocycles. The van der Waals surface area contributed by atoms with Gasteiger partial charge in [-0.1, -0.05) is 30.0 Å². The summed E-state index contributed by atoms with van der Waals surface area (Å²) in [6.07, 6.45) is 0. The second-order valence-electron chi connectivity index (χ2n) is 6.24. The number of carbonyl (C=O) groups excluding carboxylic acids is 1. The summed E-state index contributed by atoms with van der Waals surface area (Å²) >= 11 is 4.48. The Balaban J connectivity index is 1.53. The molecule has 0 fully saturated rings. The summed E-state index contributed by atoms with van der Waals surface area (Å²) in [5.41, 5.74) is 0.996. The Morgan fingerprint density at radius 2 is 2.03 bits per heavy atom. The molecular weight excluding hydrogens is 441 g/mol. The van der Waals surface area contributed by atoms with Crippen LogP contribution < -0.4 is 4.90 Å². The van der Waals surface area contributed by atoms with Gasteiger partial charge in [-0.05, 0) is 30.5 Å². The zero-order chi connectivity index (χ0) is 21.1. The van der Waals surface area contributed by atoms with Gasteiger partial charge in [0.15, 0.2) is 16.1 Å². The van der Waals surface area contributed by atoms with Crippen molar-refractivity contribution in [3.8, 4) is 10.7 Å². The fraction of sp³-hybridized carbons (Fsp3) is 0.200. The Kier molecular flexibility index (Phi) is 6.26. The molecule has 0 aliphatic rings. The fourth-order valence-electron chi connectivity index (χ4n) is 2.91. The highest BCUT2D eigenvalue weighted by Gasteiger charge is 2.21. The maximum Gasteiger partial charge on any atom is 0.230 e. The minimum Gasteiger partial charge on any atom is -0.302 e. The lowest BCUT2D eigenvalue weighted by Crippen LogP contribution is -2.23. The normalized spacial score (nSPS) is 11.0. The number of rotatable bonds is 7. The number of benzene rings is 1. The SMILES string of the molecule is CCn1c(SCc2csc(N(C(C)=O)c3ccccc3F)n2)nnc1-c1cccs1. The number of amides is 1. The Labute approximate surface area is 185 Å². The van der Waals surface area contributed by atoms with Crippen LogP contribution in [0, 0.1) is 5.82 Å². The van der Waals surface area contributed by atoms with Crippen LogP contribution in [0.25, 0.3) is 10.7 Å². The summed E-state index contributed by atoms with van der Waals surface area (Å²) in [6, 6.07) is 10.2. The first-order valence-corrected chi connectivity index (χ1v) is 11.9. The number of halogens is 1. The number of nitrogens with zero attached hydrogens (tertiary/aromatic N) is 5. The third-order valence-corrected chi connectivity index (χ3v) is 7.00. The molecule has 3 aromatic heterocycles. The standard InChI is InChI=1S/C20H18FN5OS3/c1-3-25-18(17-9-6-10-28-17)23-24-20(25)30-12-14-11-29-19(22-14)26(13(2)27)16-8-5-4-7-15(16)21/h4-11H,3,12H2,1-2H3. The van der Waals surface area contributed by atoms with Crippen molar-refractivity contribution >= 4 is 51.2 Å². The second kappa shape index (κ2) is 9.07. The number of aromatic nitrogens is 4. The van der Waals surface area contributed by atoms with Gasteiger partial charge in [0, 0.05) is 24.6 Å². The summed E-state index contributed by atoms with van der Waals surface area (Å²) in [6.45, 7) is 4.22. The average Bonchev–Trinajstić information content (AvgIpc) is 3.48. The number of anilines is 2. The van der Waals surface area contributed by atoms with Gasteiger partial charge in [-0.15, -0.1) is 32.9 Å². The van der Waals surface area contributed by atoms with Gasteiger partial charge >= 0.3 is 0 Å². The molecule has 0 saturated carbocycles. The van der Waals surface area contributed by atoms with Crippen molar-refractivity contribution in [2.24, 2.45) is 0 Å². The van der Waals surface area contributed by atoms with Crippen LogP contribution in [0.3, 0.4) is 0 Å². The predicted molar refractivity (Wildman–Crippen MR) is 120 cm³/mol. The first kappa shape index (κ1) is 20.7. The molecule has 1 amide bonds. The molecule has 0 atom stereocenters. The van der Waals surface area contributed by atoms with E-state index in [0.29, 0.717) is 10.9 Å². The van der Waals surface area contributed by atoms with Crippen molar-refractivity contribution in [2.45, 2.75) is 31.3 Å². The van der Waals surface area contributed by atoms with Crippen molar-refractivity contribution in [3.05, 3.63) is 58.7 Å². The van der Waals surface area contributed by atoms with Crippen molar-refractivity contribution in [1.82, 2.24) is 19.7 Å². The summed E-state index contributed by atoms with van der Waals surface area (Å²) in [5, 5.41) is 13.8. The van der Waals surface area contributed by atoms with Crippen molar-refractivity contribution in [3.63, 3.8) is 0 Å². The third kappa shape index (κ3) is 4.16. The average molecular weight is 460 g/mol. The number of hydrogen-bond acceptors (Lipinski definition) is 7. The highest BCUT2D eigenvalue weighted by Crippen LogP contribution is 2.33. The van der Waals surface area contributed by atoms with E-state index in [1.165, 1.54) is 41.0 Å². The third-order valence-electron chi connectivity index (χ3n) is 4.26. The maximum atomic E-state index is 14.2. The van der Waals surface area contributed by atoms with Gasteiger partial charge in [0.1, 0.15) is 5.82 Å². The number of thiophene rings is 1. The van der Waals surface area contributed by atoms with Gasteiger partial charge in [0.25, 0.3) is 0 Å². The summed E-state index contributed by atoms with van der Waals surface area (Å²) < 4.78 is 16.3. The van der Waals surface area contributed by atoms with Gasteiger partial charge in [0.05, 0.1) is 16.3 Å². The molecule has 0 aliphatic carbocycles. The molecule has 0 saturated heterocycles. The van der Waals surface area contributed by atoms with Crippen molar-refractivity contribution < 1.29 is 9.18 Å². The highest BCUT2D eigenvalue weighted by atomic mass is 32.2. The predicted octanol–water partition coefficient (Wildman–Crippen LogP) is 5.60. The molecule has 0 bridgehead atoms. The Bertz CT molecular complexity index is 1160. The number of hydrogen-bond donors (Lipinski definition) is 0. The fourth-order valence-corrected chi connectivity index (χ4v) is 5.51. The molecule has 0 N–H and O–H groups in total. The van der Waals surface area contributed by atoms with E-state index in [-0.39, 0.29) is 11.6 Å². The van der Waals surface area contributed by atoms with E-state index in [1.807, 2.05) is 22.9 Å². The molecule has 4 aromatic rings. The Hall–Kier alpha value is -2.56. The first-order valence-electron chi connectivity index (χ1n) is 9.18. The van der Waals surface area contributed by atoms with Crippen molar-refractivity contribution in [1.29, 1.82) is 0 Å². The minimum atomic E-state index is -0.462. The smallest absolute Gasteiger partial charge is 0.230 e. The number of carbonyl (C=O) groups is 1. The van der Waals surface area contributed by atoms with E-state index >= 15 is 0 Å². The Morgan fingerprint density at radius 1 is 1.20 bits per heavy atom. The van der Waals surface area contributed by atoms with Crippen LogP contribution in [0.4, 0.5) is 15.2 Å². The summed E-state index contributed by atoms with van der Waals surface area (Å²) in [5.74, 6) is 0.675. The molecule has 4 rings (SSSR count). The van der Waals surface area contributed by atoms with Crippen LogP contribution in [-0.4, -0.2) is 25.7 Å². The van der Waals surface area contributed by atoms with Crippen LogP contribution in [0.2, 0.25) is 0 Å². The van der Waals surface area contributed by atoms with Crippen LogP contribution in [0.1, 0.15) is 19.5 Å². The topological polar surface area (TPSA) is 63.9 Å². The molecule has 3 heterocycles. The van der Waals surface area contributed by atoms with E-state index in [4.69, 9.17) is 0 Å². The van der Waals surface area contributed by atoms with Crippen LogP contribution in [0.15, 0.2) is 52.3 Å². The number of para-hydroxylation sites is 1. The van der Waals surface area contributed by atoms with Crippen LogP contribution >= 0.6 is 34.4 Å². The first-order chi connectivity index (χ1) is 14.6. The van der Waals surface area contributed by atoms with Crippen molar-refractivity contribution in [2.75, 3.05) is 4.90 Å². The van der Waals surface area contributed by atoms with Gasteiger partial charge in [0.2, 0.25) is 5.91 Å². The zero-order valence-corrected chi connectivity index (χ0v) is 18.7. The number of thiazole rings is 1. The van der Waals surface area contributed by atoms with E-state index in [9.17, 15) is 9.18 Å². The molecule has 6 nitrogen and oxygen atoms in total. The van der Waals surface area contributed by atoms with E-state index in [2.05, 4.69) is 26.7 Å². The summed E-state index contributed by atoms with van der Waals surface area (Å²) in [7, 11) is 0. The van der Waals surface area contributed by atoms with E-state index < -0.39 is 5.82 Å². The maximum absolute atomic E-state index is 14.2. The van der Waals surface area contributed by atoms with Gasteiger partial charge in [-0.3, -0.25) is 9.69 Å². The van der Waals surface area contributed by atoms with Gasteiger partial charge in [-0.25, -0.2) is 9.37 Å². The monoisotopic (exact) mass is 459 g/mol. The van der Waals surface area contributed by atoms with Crippen LogP contribution in [-0.2, 0) is 17.1 Å². The molecule has 0 spiro atoms. The lowest BCUT2D eigenvalue weighted by Gasteiger charge is -2.18. The van der Waals surface area contributed by atoms with E-state index in [1.54, 1.807) is 29.5 Å². The van der Waals surface area contributed by atoms with E-state index in [0.717, 1.165) is 28.1 Å². The number of thioether (sulfide) groups is 1. The van der Waals surface area contributed by atoms with Gasteiger partial charge < -0.3 is 4.57 Å². The molecule has 0 unspecified atom stereocenters. The second-order valence-corrected chi connectivity index (χ2v) is 8.97. The largest absolute Gasteiger partial charge is 0.302 e. The molecule has 1 aromatic carbocycles. The molecule has 10 heteroatoms. The molecule has 30 heavy (non-hydrogen) atoms. The lowest BCUT2D eigenvalue weighted by atomic mass is 10.3. The molecular formula is C20H18FN5OS3. The van der Waals surface area contributed by atoms with Gasteiger partial charge in [-0.2, -0.15) is 0 Å². The zero-order valence-electron chi connectivity index (χ0n) is 16.3. The van der Waals surface area contributed by atoms with Crippen LogP contribution in [0.5, 0.6) is 0 Å². The molecule has 154 valence electrons. The minimum absolute atomic E-state index is 0.199. The summed E-state index contributed by atoms with van der Waals surface area (Å²) in [4.78, 5) is 19.1. The molecule has 0 radical (unpaired) electrons. The lowest BCUT2D eigenvalue weighted by molar-refractivity contribution is -0.115. The highest BCUT2D eigenvalue weighted by molar-refractivity contribution is 7.98. The Morgan fingerprint density at radius 3 is 2.73 bits per heavy atom.